The van der Waals surface area contributed by atoms with Gasteiger partial charge in [-0.2, -0.15) is 5.06 Å². The molecule has 0 N–H and O–H groups in total. The number of nitrogens with zero attached hydrogens (tertiary/aromatic N) is 2. The summed E-state index contributed by atoms with van der Waals surface area (Å²) in [4.78, 5) is 58.6. The van der Waals surface area contributed by atoms with Gasteiger partial charge in [-0.15, -0.1) is 0 Å². The molecule has 1 atom stereocenters. The van der Waals surface area contributed by atoms with E-state index in [1.165, 1.54) is 6.07 Å². The highest BCUT2D eigenvalue weighted by atomic mass is 16.7. The van der Waals surface area contributed by atoms with Crippen molar-refractivity contribution in [1.29, 1.82) is 0 Å². The topological polar surface area (TPSA) is 93.2 Å². The summed E-state index contributed by atoms with van der Waals surface area (Å²) in [5.74, 6) is -2.19. The molecule has 1 fully saturated rings. The summed E-state index contributed by atoms with van der Waals surface area (Å²) in [5, 5.41) is 0.678. The molecule has 5 rings (SSSR count). The molecule has 8 heteroatoms. The van der Waals surface area contributed by atoms with Crippen molar-refractivity contribution in [3.63, 3.8) is 0 Å². The minimum absolute atomic E-state index is 0.00460. The minimum Gasteiger partial charge on any atom is -0.488 e. The molecule has 4 amide bonds. The molecule has 2 aliphatic rings. The summed E-state index contributed by atoms with van der Waals surface area (Å²) in [6.45, 7) is 0.224. The molecule has 35 heavy (non-hydrogen) atoms. The van der Waals surface area contributed by atoms with Crippen LogP contribution in [0.2, 0.25) is 0 Å². The molecule has 2 aliphatic heterocycles. The Morgan fingerprint density at radius 3 is 2.09 bits per heavy atom. The van der Waals surface area contributed by atoms with E-state index in [-0.39, 0.29) is 42.9 Å². The number of hydroxylamine groups is 2. The lowest BCUT2D eigenvalue weighted by molar-refractivity contribution is -0.206. The molecule has 8 nitrogen and oxygen atoms in total. The molecule has 2 heterocycles. The Labute approximate surface area is 201 Å². The Morgan fingerprint density at radius 1 is 0.743 bits per heavy atom. The fraction of sp³-hybridized carbons (Fsp3) is 0.185. The molecule has 0 spiro atoms. The first-order chi connectivity index (χ1) is 17.0. The molecule has 0 bridgehead atoms. The van der Waals surface area contributed by atoms with Crippen molar-refractivity contribution in [3.8, 4) is 5.75 Å². The maximum atomic E-state index is 13.4. The van der Waals surface area contributed by atoms with Gasteiger partial charge in [-0.05, 0) is 29.7 Å². The Morgan fingerprint density at radius 2 is 1.40 bits per heavy atom. The van der Waals surface area contributed by atoms with Crippen LogP contribution in [0.1, 0.15) is 44.7 Å². The van der Waals surface area contributed by atoms with E-state index < -0.39 is 29.7 Å². The van der Waals surface area contributed by atoms with Crippen LogP contribution in [0.3, 0.4) is 0 Å². The van der Waals surface area contributed by atoms with E-state index in [2.05, 4.69) is 0 Å². The van der Waals surface area contributed by atoms with Crippen molar-refractivity contribution in [2.24, 2.45) is 0 Å². The van der Waals surface area contributed by atoms with Crippen molar-refractivity contribution < 1.29 is 28.8 Å². The second kappa shape index (κ2) is 9.52. The van der Waals surface area contributed by atoms with E-state index >= 15 is 0 Å². The van der Waals surface area contributed by atoms with Crippen LogP contribution in [-0.4, -0.2) is 39.6 Å². The predicted octanol–water partition coefficient (Wildman–Crippen LogP) is 3.51. The number of carbonyl (C=O) groups is 4. The van der Waals surface area contributed by atoms with Gasteiger partial charge < -0.3 is 4.74 Å². The third-order valence-electron chi connectivity index (χ3n) is 6.00. The Bertz CT molecular complexity index is 1290. The van der Waals surface area contributed by atoms with Gasteiger partial charge in [0.05, 0.1) is 11.1 Å². The molecular formula is C27H22N2O6. The molecule has 176 valence electrons. The Hall–Kier alpha value is -4.30. The molecule has 0 aromatic heterocycles. The zero-order valence-electron chi connectivity index (χ0n) is 18.8. The predicted molar refractivity (Wildman–Crippen MR) is 124 cm³/mol. The zero-order chi connectivity index (χ0) is 24.4. The van der Waals surface area contributed by atoms with Gasteiger partial charge in [0.1, 0.15) is 25.0 Å². The van der Waals surface area contributed by atoms with E-state index in [9.17, 15) is 19.2 Å². The van der Waals surface area contributed by atoms with Gasteiger partial charge in [0, 0.05) is 6.42 Å². The normalized spacial score (nSPS) is 17.7. The van der Waals surface area contributed by atoms with E-state index in [4.69, 9.17) is 9.57 Å². The van der Waals surface area contributed by atoms with E-state index in [0.29, 0.717) is 5.06 Å². The largest absolute Gasteiger partial charge is 0.488 e. The van der Waals surface area contributed by atoms with Crippen LogP contribution in [0.25, 0.3) is 0 Å². The number of hydrogen-bond donors (Lipinski definition) is 0. The van der Waals surface area contributed by atoms with Crippen LogP contribution >= 0.6 is 0 Å². The molecule has 0 saturated carbocycles. The standard InChI is InChI=1S/C27H22N2O6/c30-23-15-14-21(26(32)29(23)35-17-19-10-5-2-6-11-19)28-25(31)20-12-7-13-22(24(20)27(28)33)34-16-18-8-3-1-4-9-18/h1-13,21H,14-17H2. The zero-order valence-corrected chi connectivity index (χ0v) is 18.8. The van der Waals surface area contributed by atoms with E-state index in [1.807, 2.05) is 48.5 Å². The van der Waals surface area contributed by atoms with E-state index in [0.717, 1.165) is 16.0 Å². The monoisotopic (exact) mass is 470 g/mol. The highest BCUT2D eigenvalue weighted by Crippen LogP contribution is 2.35. The Balaban J connectivity index is 1.35. The molecule has 1 unspecified atom stereocenters. The van der Waals surface area contributed by atoms with Gasteiger partial charge in [-0.25, -0.2) is 0 Å². The maximum Gasteiger partial charge on any atom is 0.276 e. The fourth-order valence-corrected chi connectivity index (χ4v) is 4.24. The third-order valence-corrected chi connectivity index (χ3v) is 6.00. The first-order valence-corrected chi connectivity index (χ1v) is 11.3. The highest BCUT2D eigenvalue weighted by molar-refractivity contribution is 6.24. The summed E-state index contributed by atoms with van der Waals surface area (Å²) in [6.07, 6.45) is 0.00447. The first kappa shape index (κ1) is 22.5. The van der Waals surface area contributed by atoms with Crippen LogP contribution in [0.15, 0.2) is 78.9 Å². The summed E-state index contributed by atoms with van der Waals surface area (Å²) >= 11 is 0. The Kier molecular flexibility index (Phi) is 6.12. The minimum atomic E-state index is -1.14. The van der Waals surface area contributed by atoms with Crippen molar-refractivity contribution in [2.45, 2.75) is 32.1 Å². The smallest absolute Gasteiger partial charge is 0.276 e. The third kappa shape index (κ3) is 4.31. The maximum absolute atomic E-state index is 13.4. The van der Waals surface area contributed by atoms with Crippen LogP contribution in [0, 0.1) is 0 Å². The second-order valence-electron chi connectivity index (χ2n) is 8.27. The van der Waals surface area contributed by atoms with Gasteiger partial charge in [-0.1, -0.05) is 66.7 Å². The highest BCUT2D eigenvalue weighted by Gasteiger charge is 2.48. The average Bonchev–Trinajstić information content (AvgIpc) is 3.14. The number of imide groups is 2. The number of fused-ring (bicyclic) bond motifs is 1. The van der Waals surface area contributed by atoms with Crippen molar-refractivity contribution >= 4 is 23.6 Å². The SMILES string of the molecule is O=C1CCC(N2C(=O)c3cccc(OCc4ccccc4)c3C2=O)C(=O)N1OCc1ccccc1. The number of rotatable bonds is 7. The average molecular weight is 470 g/mol. The van der Waals surface area contributed by atoms with E-state index in [1.54, 1.807) is 24.3 Å². The molecule has 3 aromatic rings. The van der Waals surface area contributed by atoms with Gasteiger partial charge in [0.25, 0.3) is 23.6 Å². The van der Waals surface area contributed by atoms with Gasteiger partial charge in [0.15, 0.2) is 0 Å². The molecule has 0 radical (unpaired) electrons. The second-order valence-corrected chi connectivity index (χ2v) is 8.27. The molecule has 0 aliphatic carbocycles. The summed E-state index contributed by atoms with van der Waals surface area (Å²) in [5.41, 5.74) is 1.97. The fourth-order valence-electron chi connectivity index (χ4n) is 4.24. The summed E-state index contributed by atoms with van der Waals surface area (Å²) in [7, 11) is 0. The van der Waals surface area contributed by atoms with Crippen LogP contribution in [0.4, 0.5) is 0 Å². The van der Waals surface area contributed by atoms with Gasteiger partial charge in [-0.3, -0.25) is 28.9 Å². The van der Waals surface area contributed by atoms with Crippen LogP contribution in [-0.2, 0) is 27.6 Å². The number of piperidine rings is 1. The lowest BCUT2D eigenvalue weighted by Gasteiger charge is -2.33. The van der Waals surface area contributed by atoms with Crippen molar-refractivity contribution in [2.75, 3.05) is 0 Å². The number of amides is 4. The first-order valence-electron chi connectivity index (χ1n) is 11.3. The quantitative estimate of drug-likeness (QED) is 0.491. The van der Waals surface area contributed by atoms with Crippen molar-refractivity contribution in [1.82, 2.24) is 9.96 Å². The molecule has 1 saturated heterocycles. The molecule has 3 aromatic carbocycles. The lowest BCUT2D eigenvalue weighted by Crippen LogP contribution is -2.55. The van der Waals surface area contributed by atoms with Crippen molar-refractivity contribution in [3.05, 3.63) is 101 Å². The van der Waals surface area contributed by atoms with Gasteiger partial charge >= 0.3 is 0 Å². The number of ether oxygens (including phenoxy) is 1. The van der Waals surface area contributed by atoms with Gasteiger partial charge in [0.2, 0.25) is 0 Å². The summed E-state index contributed by atoms with van der Waals surface area (Å²) in [6, 6.07) is 22.2. The van der Waals surface area contributed by atoms with Crippen LogP contribution < -0.4 is 4.74 Å². The number of carbonyl (C=O) groups excluding carboxylic acids is 4. The number of hydrogen-bond acceptors (Lipinski definition) is 6. The number of benzene rings is 3. The van der Waals surface area contributed by atoms with Crippen LogP contribution in [0.5, 0.6) is 5.75 Å². The lowest BCUT2D eigenvalue weighted by atomic mass is 10.0. The molecular weight excluding hydrogens is 448 g/mol. The summed E-state index contributed by atoms with van der Waals surface area (Å²) < 4.78 is 5.87.